The summed E-state index contributed by atoms with van der Waals surface area (Å²) in [4.78, 5) is 0. The third-order valence-electron chi connectivity index (χ3n) is 1.84. The number of hydrogen-bond acceptors (Lipinski definition) is 2. The molecule has 0 amide bonds. The van der Waals surface area contributed by atoms with Crippen LogP contribution in [0, 0.1) is 0 Å². The van der Waals surface area contributed by atoms with Gasteiger partial charge in [0.15, 0.2) is 11.7 Å². The van der Waals surface area contributed by atoms with Gasteiger partial charge in [-0.3, -0.25) is 0 Å². The molecule has 0 rings (SSSR count). The zero-order valence-electron chi connectivity index (χ0n) is 9.06. The molecule has 106 valence electrons. The van der Waals surface area contributed by atoms with Crippen LogP contribution in [0.2, 0.25) is 0 Å². The highest BCUT2D eigenvalue weighted by Crippen LogP contribution is 2.16. The van der Waals surface area contributed by atoms with Crippen molar-refractivity contribution in [3.8, 4) is 0 Å². The maximum Gasteiger partial charge on any atom is 0.302 e. The second-order valence-corrected chi connectivity index (χ2v) is 5.23. The summed E-state index contributed by atoms with van der Waals surface area (Å²) < 4.78 is 94.3. The molecule has 0 aromatic heterocycles. The van der Waals surface area contributed by atoms with Crippen LogP contribution in [-0.2, 0) is 10.0 Å². The van der Waals surface area contributed by atoms with Crippen molar-refractivity contribution in [2.45, 2.75) is 6.42 Å². The Morgan fingerprint density at radius 3 is 1.78 bits per heavy atom. The standard InChI is InChI=1S/C8H9F6NO2S/c1-15(3-2-5(9)7(11)12)18(16,17)4-6(10)8(13)14/h2-4H2,1H3. The molecule has 0 heterocycles. The van der Waals surface area contributed by atoms with Crippen molar-refractivity contribution in [1.82, 2.24) is 4.31 Å². The molecule has 0 saturated heterocycles. The van der Waals surface area contributed by atoms with Gasteiger partial charge in [-0.05, 0) is 0 Å². The van der Waals surface area contributed by atoms with E-state index in [0.717, 1.165) is 7.05 Å². The van der Waals surface area contributed by atoms with Gasteiger partial charge >= 0.3 is 12.2 Å². The molecular weight excluding hydrogens is 288 g/mol. The molecule has 0 fully saturated rings. The Morgan fingerprint density at radius 2 is 1.39 bits per heavy atom. The highest BCUT2D eigenvalue weighted by molar-refractivity contribution is 7.89. The summed E-state index contributed by atoms with van der Waals surface area (Å²) in [5, 5.41) is 0. The zero-order valence-corrected chi connectivity index (χ0v) is 9.88. The molecule has 0 aromatic rings. The summed E-state index contributed by atoms with van der Waals surface area (Å²) in [6.07, 6.45) is -6.31. The van der Waals surface area contributed by atoms with Crippen molar-refractivity contribution in [2.75, 3.05) is 19.3 Å². The number of sulfonamides is 1. The maximum absolute atomic E-state index is 12.4. The first kappa shape index (κ1) is 17.0. The molecule has 0 aliphatic heterocycles. The fourth-order valence-corrected chi connectivity index (χ4v) is 1.83. The van der Waals surface area contributed by atoms with Crippen LogP contribution in [0.1, 0.15) is 6.42 Å². The molecule has 3 nitrogen and oxygen atoms in total. The fraction of sp³-hybridized carbons (Fsp3) is 0.500. The summed E-state index contributed by atoms with van der Waals surface area (Å²) in [6, 6.07) is 0. The molecule has 0 unspecified atom stereocenters. The SMILES string of the molecule is CN(CCC(F)=C(F)F)S(=O)(=O)CC(F)=C(F)F. The van der Waals surface area contributed by atoms with E-state index >= 15 is 0 Å². The highest BCUT2D eigenvalue weighted by atomic mass is 32.2. The fourth-order valence-electron chi connectivity index (χ4n) is 0.814. The van der Waals surface area contributed by atoms with E-state index in [0.29, 0.717) is 4.31 Å². The molecule has 0 atom stereocenters. The first-order valence-electron chi connectivity index (χ1n) is 4.41. The molecule has 18 heavy (non-hydrogen) atoms. The second-order valence-electron chi connectivity index (χ2n) is 3.16. The minimum atomic E-state index is -4.44. The Bertz CT molecular complexity index is 450. The van der Waals surface area contributed by atoms with E-state index in [1.807, 2.05) is 0 Å². The van der Waals surface area contributed by atoms with E-state index in [1.54, 1.807) is 0 Å². The monoisotopic (exact) mass is 297 g/mol. The summed E-state index contributed by atoms with van der Waals surface area (Å²) in [5.41, 5.74) is 0. The molecule has 0 N–H and O–H groups in total. The molecule has 0 radical (unpaired) electrons. The van der Waals surface area contributed by atoms with Crippen LogP contribution < -0.4 is 0 Å². The molecule has 0 aliphatic rings. The van der Waals surface area contributed by atoms with Crippen molar-refractivity contribution in [3.05, 3.63) is 23.8 Å². The average Bonchev–Trinajstić information content (AvgIpc) is 2.24. The van der Waals surface area contributed by atoms with Gasteiger partial charge in [0, 0.05) is 20.0 Å². The smallest absolute Gasteiger partial charge is 0.212 e. The highest BCUT2D eigenvalue weighted by Gasteiger charge is 2.23. The van der Waals surface area contributed by atoms with Crippen LogP contribution in [-0.4, -0.2) is 32.1 Å². The van der Waals surface area contributed by atoms with Gasteiger partial charge in [0.25, 0.3) is 0 Å². The third-order valence-corrected chi connectivity index (χ3v) is 3.59. The molecule has 0 saturated carbocycles. The van der Waals surface area contributed by atoms with E-state index in [1.165, 1.54) is 0 Å². The lowest BCUT2D eigenvalue weighted by molar-refractivity contribution is 0.359. The van der Waals surface area contributed by atoms with E-state index in [4.69, 9.17) is 0 Å². The van der Waals surface area contributed by atoms with Crippen LogP contribution in [0.25, 0.3) is 0 Å². The summed E-state index contributed by atoms with van der Waals surface area (Å²) in [5.74, 6) is -5.56. The first-order chi connectivity index (χ1) is 8.08. The largest absolute Gasteiger partial charge is 0.302 e. The number of halogens is 6. The zero-order chi connectivity index (χ0) is 14.5. The minimum absolute atomic E-state index is 0.317. The summed E-state index contributed by atoms with van der Waals surface area (Å²) >= 11 is 0. The van der Waals surface area contributed by atoms with Gasteiger partial charge in [0.2, 0.25) is 10.0 Å². The number of nitrogens with zero attached hydrogens (tertiary/aromatic N) is 1. The van der Waals surface area contributed by atoms with Gasteiger partial charge in [0.1, 0.15) is 5.75 Å². The Labute approximate surface area is 99.4 Å². The van der Waals surface area contributed by atoms with Crippen LogP contribution in [0.4, 0.5) is 26.3 Å². The lowest BCUT2D eigenvalue weighted by Gasteiger charge is -2.15. The van der Waals surface area contributed by atoms with Crippen molar-refractivity contribution < 1.29 is 34.8 Å². The Kier molecular flexibility index (Phi) is 6.39. The molecule has 0 aromatic carbocycles. The van der Waals surface area contributed by atoms with Gasteiger partial charge in [-0.1, -0.05) is 0 Å². The van der Waals surface area contributed by atoms with Crippen LogP contribution in [0.15, 0.2) is 23.8 Å². The van der Waals surface area contributed by atoms with Crippen molar-refractivity contribution in [1.29, 1.82) is 0 Å². The van der Waals surface area contributed by atoms with Crippen molar-refractivity contribution in [3.63, 3.8) is 0 Å². The molecule has 10 heteroatoms. The second kappa shape index (κ2) is 6.78. The minimum Gasteiger partial charge on any atom is -0.212 e. The van der Waals surface area contributed by atoms with E-state index in [-0.39, 0.29) is 0 Å². The predicted molar refractivity (Wildman–Crippen MR) is 51.7 cm³/mol. The normalized spacial score (nSPS) is 11.6. The maximum atomic E-state index is 12.4. The quantitative estimate of drug-likeness (QED) is 0.707. The topological polar surface area (TPSA) is 37.4 Å². The number of rotatable bonds is 6. The molecule has 0 spiro atoms. The Balaban J connectivity index is 4.65. The van der Waals surface area contributed by atoms with E-state index in [2.05, 4.69) is 0 Å². The van der Waals surface area contributed by atoms with Crippen LogP contribution in [0.5, 0.6) is 0 Å². The average molecular weight is 297 g/mol. The molecule has 0 aliphatic carbocycles. The molecular formula is C8H9F6NO2S. The van der Waals surface area contributed by atoms with Crippen molar-refractivity contribution >= 4 is 10.0 Å². The van der Waals surface area contributed by atoms with Gasteiger partial charge in [-0.15, -0.1) is 0 Å². The van der Waals surface area contributed by atoms with Crippen LogP contribution >= 0.6 is 0 Å². The third kappa shape index (κ3) is 5.54. The Morgan fingerprint density at radius 1 is 0.944 bits per heavy atom. The van der Waals surface area contributed by atoms with Gasteiger partial charge < -0.3 is 0 Å². The first-order valence-corrected chi connectivity index (χ1v) is 6.02. The van der Waals surface area contributed by atoms with Crippen LogP contribution in [0.3, 0.4) is 0 Å². The summed E-state index contributed by atoms with van der Waals surface area (Å²) in [6.45, 7) is -0.716. The lowest BCUT2D eigenvalue weighted by atomic mass is 10.4. The van der Waals surface area contributed by atoms with E-state index < -0.39 is 52.6 Å². The Hall–Kier alpha value is -1.03. The van der Waals surface area contributed by atoms with Gasteiger partial charge in [-0.25, -0.2) is 21.5 Å². The van der Waals surface area contributed by atoms with Crippen molar-refractivity contribution in [2.24, 2.45) is 0 Å². The summed E-state index contributed by atoms with van der Waals surface area (Å²) in [7, 11) is -3.60. The number of hydrogen-bond donors (Lipinski definition) is 0. The van der Waals surface area contributed by atoms with Gasteiger partial charge in [-0.2, -0.15) is 17.6 Å². The van der Waals surface area contributed by atoms with Gasteiger partial charge in [0.05, 0.1) is 0 Å². The molecule has 0 bridgehead atoms. The predicted octanol–water partition coefficient (Wildman–Crippen LogP) is 2.79. The van der Waals surface area contributed by atoms with E-state index in [9.17, 15) is 34.8 Å². The lowest BCUT2D eigenvalue weighted by Crippen LogP contribution is -2.30.